The summed E-state index contributed by atoms with van der Waals surface area (Å²) in [4.78, 5) is 13.9. The van der Waals surface area contributed by atoms with E-state index in [0.29, 0.717) is 12.5 Å². The van der Waals surface area contributed by atoms with Crippen molar-refractivity contribution in [2.75, 3.05) is 19.6 Å². The Hall–Kier alpha value is -1.39. The topological polar surface area (TPSA) is 52.6 Å². The molecule has 116 valence electrons. The van der Waals surface area contributed by atoms with Crippen molar-refractivity contribution in [3.63, 3.8) is 0 Å². The first-order valence-corrected chi connectivity index (χ1v) is 7.69. The highest BCUT2D eigenvalue weighted by Crippen LogP contribution is 2.28. The number of rotatable bonds is 6. The molecule has 0 spiro atoms. The third kappa shape index (κ3) is 4.05. The first-order valence-electron chi connectivity index (χ1n) is 7.69. The Kier molecular flexibility index (Phi) is 5.01. The van der Waals surface area contributed by atoms with Gasteiger partial charge in [0.15, 0.2) is 0 Å². The second kappa shape index (κ2) is 6.58. The molecule has 1 aliphatic rings. The predicted octanol–water partition coefficient (Wildman–Crippen LogP) is 2.32. The van der Waals surface area contributed by atoms with Gasteiger partial charge < -0.3 is 10.0 Å². The van der Waals surface area contributed by atoms with E-state index in [1.807, 2.05) is 19.9 Å². The van der Waals surface area contributed by atoms with E-state index in [1.54, 1.807) is 6.92 Å². The third-order valence-electron chi connectivity index (χ3n) is 4.16. The summed E-state index contributed by atoms with van der Waals surface area (Å²) >= 11 is 0. The van der Waals surface area contributed by atoms with Crippen molar-refractivity contribution in [3.8, 4) is 0 Å². The molecule has 1 fully saturated rings. The molecule has 2 rings (SSSR count). The molecular weight excluding hydrogens is 264 g/mol. The van der Waals surface area contributed by atoms with Crippen LogP contribution in [0.2, 0.25) is 0 Å². The molecule has 4 nitrogen and oxygen atoms in total. The molecule has 1 saturated heterocycles. The average Bonchev–Trinajstić information content (AvgIpc) is 2.87. The summed E-state index contributed by atoms with van der Waals surface area (Å²) < 4.78 is 0. The molecule has 0 aromatic heterocycles. The second-order valence-electron chi connectivity index (χ2n) is 6.57. The molecule has 2 N–H and O–H groups in total. The Morgan fingerprint density at radius 1 is 1.43 bits per heavy atom. The molecule has 0 bridgehead atoms. The van der Waals surface area contributed by atoms with E-state index in [9.17, 15) is 9.90 Å². The van der Waals surface area contributed by atoms with Crippen LogP contribution in [0.4, 0.5) is 0 Å². The van der Waals surface area contributed by atoms with Crippen molar-refractivity contribution in [1.82, 2.24) is 10.2 Å². The van der Waals surface area contributed by atoms with E-state index >= 15 is 0 Å². The zero-order valence-corrected chi connectivity index (χ0v) is 13.2. The number of carboxylic acid groups (broad SMARTS) is 1. The normalized spacial score (nSPS) is 22.4. The second-order valence-corrected chi connectivity index (χ2v) is 6.57. The number of benzene rings is 1. The van der Waals surface area contributed by atoms with Crippen molar-refractivity contribution in [2.24, 2.45) is 0 Å². The lowest BCUT2D eigenvalue weighted by Crippen LogP contribution is -2.58. The van der Waals surface area contributed by atoms with Crippen molar-refractivity contribution < 1.29 is 9.90 Å². The largest absolute Gasteiger partial charge is 0.480 e. The molecule has 0 amide bonds. The van der Waals surface area contributed by atoms with Gasteiger partial charge in [-0.3, -0.25) is 10.1 Å². The standard InChI is InChI=1S/C17H26N2O2/c1-13(2)18-17(3,16(20)21)12-19-10-9-15(11-19)14-7-5-4-6-8-14/h4-8,13,15,18H,9-12H2,1-3H3,(H,20,21). The van der Waals surface area contributed by atoms with E-state index in [0.717, 1.165) is 19.5 Å². The van der Waals surface area contributed by atoms with Crippen LogP contribution >= 0.6 is 0 Å². The molecule has 21 heavy (non-hydrogen) atoms. The summed E-state index contributed by atoms with van der Waals surface area (Å²) in [6, 6.07) is 10.6. The molecule has 0 radical (unpaired) electrons. The van der Waals surface area contributed by atoms with E-state index in [-0.39, 0.29) is 6.04 Å². The first-order chi connectivity index (χ1) is 9.90. The number of likely N-dealkylation sites (tertiary alicyclic amines) is 1. The van der Waals surface area contributed by atoms with Crippen molar-refractivity contribution in [3.05, 3.63) is 35.9 Å². The third-order valence-corrected chi connectivity index (χ3v) is 4.16. The zero-order valence-electron chi connectivity index (χ0n) is 13.2. The summed E-state index contributed by atoms with van der Waals surface area (Å²) in [6.45, 7) is 8.19. The minimum Gasteiger partial charge on any atom is -0.480 e. The average molecular weight is 290 g/mol. The van der Waals surface area contributed by atoms with Crippen LogP contribution < -0.4 is 5.32 Å². The van der Waals surface area contributed by atoms with Crippen LogP contribution in [-0.4, -0.2) is 47.2 Å². The van der Waals surface area contributed by atoms with Gasteiger partial charge in [0.2, 0.25) is 0 Å². The molecule has 1 aliphatic heterocycles. The fourth-order valence-corrected chi connectivity index (χ4v) is 3.23. The molecular formula is C17H26N2O2. The number of nitrogens with one attached hydrogen (secondary N) is 1. The van der Waals surface area contributed by atoms with Gasteiger partial charge in [-0.2, -0.15) is 0 Å². The molecule has 2 atom stereocenters. The van der Waals surface area contributed by atoms with Crippen LogP contribution in [0.1, 0.15) is 38.7 Å². The van der Waals surface area contributed by atoms with E-state index in [1.165, 1.54) is 5.56 Å². The fourth-order valence-electron chi connectivity index (χ4n) is 3.23. The lowest BCUT2D eigenvalue weighted by atomic mass is 9.98. The summed E-state index contributed by atoms with van der Waals surface area (Å²) in [5, 5.41) is 12.7. The van der Waals surface area contributed by atoms with Crippen LogP contribution in [0.3, 0.4) is 0 Å². The fraction of sp³-hybridized carbons (Fsp3) is 0.588. The number of nitrogens with zero attached hydrogens (tertiary/aromatic N) is 1. The molecule has 1 heterocycles. The summed E-state index contributed by atoms with van der Waals surface area (Å²) in [7, 11) is 0. The first kappa shape index (κ1) is 16.0. The lowest BCUT2D eigenvalue weighted by Gasteiger charge is -2.32. The Labute approximate surface area is 127 Å². The predicted molar refractivity (Wildman–Crippen MR) is 84.6 cm³/mol. The van der Waals surface area contributed by atoms with Crippen LogP contribution in [0.25, 0.3) is 0 Å². The highest BCUT2D eigenvalue weighted by Gasteiger charge is 2.37. The number of carboxylic acids is 1. The highest BCUT2D eigenvalue weighted by molar-refractivity contribution is 5.78. The molecule has 1 aromatic carbocycles. The van der Waals surface area contributed by atoms with Gasteiger partial charge in [-0.05, 0) is 45.2 Å². The SMILES string of the molecule is CC(C)NC(C)(CN1CCC(c2ccccc2)C1)C(=O)O. The van der Waals surface area contributed by atoms with Crippen LogP contribution in [-0.2, 0) is 4.79 Å². The zero-order chi connectivity index (χ0) is 15.5. The highest BCUT2D eigenvalue weighted by atomic mass is 16.4. The smallest absolute Gasteiger partial charge is 0.324 e. The number of carbonyl (C=O) groups is 1. The lowest BCUT2D eigenvalue weighted by molar-refractivity contribution is -0.145. The Morgan fingerprint density at radius 2 is 2.10 bits per heavy atom. The number of aliphatic carboxylic acids is 1. The van der Waals surface area contributed by atoms with E-state index < -0.39 is 11.5 Å². The van der Waals surface area contributed by atoms with Crippen molar-refractivity contribution in [2.45, 2.75) is 44.7 Å². The number of hydrogen-bond donors (Lipinski definition) is 2. The Balaban J connectivity index is 1.99. The van der Waals surface area contributed by atoms with Crippen LogP contribution in [0, 0.1) is 0 Å². The van der Waals surface area contributed by atoms with Gasteiger partial charge in [-0.1, -0.05) is 30.3 Å². The van der Waals surface area contributed by atoms with Gasteiger partial charge in [0.1, 0.15) is 5.54 Å². The summed E-state index contributed by atoms with van der Waals surface area (Å²) in [5.41, 5.74) is 0.466. The molecule has 0 saturated carbocycles. The minimum atomic E-state index is -0.889. The molecule has 2 unspecified atom stereocenters. The molecule has 4 heteroatoms. The molecule has 0 aliphatic carbocycles. The Bertz CT molecular complexity index is 475. The van der Waals surface area contributed by atoms with Crippen LogP contribution in [0.15, 0.2) is 30.3 Å². The van der Waals surface area contributed by atoms with Gasteiger partial charge in [-0.15, -0.1) is 0 Å². The van der Waals surface area contributed by atoms with Crippen LogP contribution in [0.5, 0.6) is 0 Å². The maximum Gasteiger partial charge on any atom is 0.324 e. The van der Waals surface area contributed by atoms with Gasteiger partial charge in [0, 0.05) is 19.1 Å². The summed E-state index contributed by atoms with van der Waals surface area (Å²) in [5.74, 6) is -0.261. The Morgan fingerprint density at radius 3 is 2.67 bits per heavy atom. The van der Waals surface area contributed by atoms with Gasteiger partial charge in [0.05, 0.1) is 0 Å². The van der Waals surface area contributed by atoms with E-state index in [4.69, 9.17) is 0 Å². The maximum atomic E-state index is 11.6. The molecule has 1 aromatic rings. The maximum absolute atomic E-state index is 11.6. The van der Waals surface area contributed by atoms with Gasteiger partial charge >= 0.3 is 5.97 Å². The summed E-state index contributed by atoms with van der Waals surface area (Å²) in [6.07, 6.45) is 1.10. The van der Waals surface area contributed by atoms with E-state index in [2.05, 4.69) is 34.5 Å². The number of hydrogen-bond acceptors (Lipinski definition) is 3. The van der Waals surface area contributed by atoms with Gasteiger partial charge in [-0.25, -0.2) is 0 Å². The minimum absolute atomic E-state index is 0.152. The quantitative estimate of drug-likeness (QED) is 0.844. The van der Waals surface area contributed by atoms with Crippen molar-refractivity contribution in [1.29, 1.82) is 0 Å². The monoisotopic (exact) mass is 290 g/mol. The van der Waals surface area contributed by atoms with Gasteiger partial charge in [0.25, 0.3) is 0 Å². The van der Waals surface area contributed by atoms with Crippen molar-refractivity contribution >= 4 is 5.97 Å².